The van der Waals surface area contributed by atoms with Gasteiger partial charge < -0.3 is 9.47 Å². The second kappa shape index (κ2) is 6.34. The summed E-state index contributed by atoms with van der Waals surface area (Å²) in [7, 11) is 0. The molecule has 0 bridgehead atoms. The summed E-state index contributed by atoms with van der Waals surface area (Å²) >= 11 is 0. The lowest BCUT2D eigenvalue weighted by Crippen LogP contribution is -2.38. The summed E-state index contributed by atoms with van der Waals surface area (Å²) in [5.74, 6) is -0.00717. The van der Waals surface area contributed by atoms with Crippen LogP contribution < -0.4 is 11.2 Å². The van der Waals surface area contributed by atoms with Crippen LogP contribution in [0.5, 0.6) is 0 Å². The first-order chi connectivity index (χ1) is 11.8. The molecule has 3 rings (SSSR count). The van der Waals surface area contributed by atoms with E-state index >= 15 is 0 Å². The molecule has 0 aliphatic carbocycles. The molecule has 0 saturated heterocycles. The van der Waals surface area contributed by atoms with Gasteiger partial charge in [0.1, 0.15) is 0 Å². The van der Waals surface area contributed by atoms with E-state index in [0.717, 1.165) is 12.0 Å². The average Bonchev–Trinajstić information content (AvgIpc) is 2.97. The number of carbonyl (C=O) groups is 1. The lowest BCUT2D eigenvalue weighted by molar-refractivity contribution is -0.132. The van der Waals surface area contributed by atoms with Gasteiger partial charge in [-0.3, -0.25) is 19.3 Å². The third-order valence-corrected chi connectivity index (χ3v) is 4.39. The van der Waals surface area contributed by atoms with Crippen molar-refractivity contribution in [3.63, 3.8) is 0 Å². The van der Waals surface area contributed by atoms with E-state index in [0.29, 0.717) is 13.1 Å². The van der Waals surface area contributed by atoms with Gasteiger partial charge >= 0.3 is 5.69 Å². The molecule has 1 aliphatic rings. The summed E-state index contributed by atoms with van der Waals surface area (Å²) in [6.07, 6.45) is 4.24. The van der Waals surface area contributed by atoms with Crippen LogP contribution in [0.1, 0.15) is 38.4 Å². The Bertz CT molecular complexity index is 900. The molecule has 8 heteroatoms. The van der Waals surface area contributed by atoms with Gasteiger partial charge in [0.25, 0.3) is 5.56 Å². The molecule has 1 N–H and O–H groups in total. The molecule has 0 unspecified atom stereocenters. The van der Waals surface area contributed by atoms with Crippen LogP contribution in [0.2, 0.25) is 0 Å². The van der Waals surface area contributed by atoms with E-state index < -0.39 is 11.2 Å². The van der Waals surface area contributed by atoms with Crippen LogP contribution in [-0.4, -0.2) is 36.7 Å². The summed E-state index contributed by atoms with van der Waals surface area (Å²) < 4.78 is 3.37. The van der Waals surface area contributed by atoms with E-state index in [-0.39, 0.29) is 24.4 Å². The normalized spacial score (nSPS) is 14.4. The summed E-state index contributed by atoms with van der Waals surface area (Å²) in [4.78, 5) is 39.2. The number of carbonyl (C=O) groups excluding carboxylic acids is 1. The van der Waals surface area contributed by atoms with Gasteiger partial charge in [-0.1, -0.05) is 0 Å². The smallest absolute Gasteiger partial charge is 0.328 e. The molecular weight excluding hydrogens is 322 g/mol. The van der Waals surface area contributed by atoms with Crippen LogP contribution in [-0.2, 0) is 29.8 Å². The van der Waals surface area contributed by atoms with Crippen LogP contribution in [0.3, 0.4) is 0 Å². The highest BCUT2D eigenvalue weighted by molar-refractivity contribution is 5.76. The van der Waals surface area contributed by atoms with Crippen molar-refractivity contribution in [1.82, 2.24) is 24.2 Å². The quantitative estimate of drug-likeness (QED) is 0.875. The van der Waals surface area contributed by atoms with Gasteiger partial charge in [-0.05, 0) is 20.8 Å². The van der Waals surface area contributed by atoms with Gasteiger partial charge in [0, 0.05) is 56.0 Å². The molecule has 1 amide bonds. The highest BCUT2D eigenvalue weighted by Crippen LogP contribution is 2.24. The SMILES string of the molecule is CC(C)(C)n1ncc2c1CCN(C(=O)CCn1ccc(=O)[nH]c1=O)C2. The van der Waals surface area contributed by atoms with Crippen molar-refractivity contribution in [3.05, 3.63) is 50.6 Å². The third-order valence-electron chi connectivity index (χ3n) is 4.39. The van der Waals surface area contributed by atoms with Crippen LogP contribution in [0, 0.1) is 0 Å². The maximum Gasteiger partial charge on any atom is 0.328 e. The molecule has 2 aromatic rings. The first-order valence-electron chi connectivity index (χ1n) is 8.39. The van der Waals surface area contributed by atoms with Crippen molar-refractivity contribution in [2.24, 2.45) is 0 Å². The second-order valence-corrected chi connectivity index (χ2v) is 7.32. The number of hydrogen-bond donors (Lipinski definition) is 1. The van der Waals surface area contributed by atoms with E-state index in [2.05, 4.69) is 30.9 Å². The molecule has 0 fully saturated rings. The minimum Gasteiger partial charge on any atom is -0.338 e. The molecule has 0 saturated carbocycles. The summed E-state index contributed by atoms with van der Waals surface area (Å²) in [5, 5.41) is 4.48. The van der Waals surface area contributed by atoms with E-state index in [4.69, 9.17) is 0 Å². The maximum absolute atomic E-state index is 12.5. The summed E-state index contributed by atoms with van der Waals surface area (Å²) in [6.45, 7) is 7.77. The molecule has 0 atom stereocenters. The number of amides is 1. The fourth-order valence-corrected chi connectivity index (χ4v) is 3.12. The predicted molar refractivity (Wildman–Crippen MR) is 92.3 cm³/mol. The number of nitrogens with zero attached hydrogens (tertiary/aromatic N) is 4. The zero-order valence-corrected chi connectivity index (χ0v) is 14.8. The number of aromatic nitrogens is 4. The molecule has 0 aromatic carbocycles. The standard InChI is InChI=1S/C17H23N5O3/c1-17(2,3)22-13-4-7-21(11-12(13)10-18-22)15(24)6-9-20-8-5-14(23)19-16(20)25/h5,8,10H,4,6-7,9,11H2,1-3H3,(H,19,23,25). The van der Waals surface area contributed by atoms with E-state index in [9.17, 15) is 14.4 Å². The molecular formula is C17H23N5O3. The third kappa shape index (κ3) is 3.57. The van der Waals surface area contributed by atoms with Crippen molar-refractivity contribution in [2.45, 2.75) is 52.2 Å². The lowest BCUT2D eigenvalue weighted by atomic mass is 10.0. The Morgan fingerprint density at radius 2 is 2.08 bits per heavy atom. The number of aryl methyl sites for hydroxylation is 1. The molecule has 2 aromatic heterocycles. The first kappa shape index (κ1) is 17.2. The second-order valence-electron chi connectivity index (χ2n) is 7.32. The number of hydrogen-bond acceptors (Lipinski definition) is 4. The Hall–Kier alpha value is -2.64. The lowest BCUT2D eigenvalue weighted by Gasteiger charge is -2.30. The topological polar surface area (TPSA) is 93.0 Å². The van der Waals surface area contributed by atoms with Gasteiger partial charge in [-0.2, -0.15) is 5.10 Å². The minimum absolute atomic E-state index is 0.00717. The maximum atomic E-state index is 12.5. The van der Waals surface area contributed by atoms with Gasteiger partial charge in [-0.25, -0.2) is 4.79 Å². The van der Waals surface area contributed by atoms with Gasteiger partial charge in [0.15, 0.2) is 0 Å². The summed E-state index contributed by atoms with van der Waals surface area (Å²) in [5.41, 5.74) is 1.26. The Balaban J connectivity index is 1.66. The molecule has 0 spiro atoms. The Kier molecular flexibility index (Phi) is 4.36. The van der Waals surface area contributed by atoms with E-state index in [1.807, 2.05) is 10.9 Å². The molecule has 8 nitrogen and oxygen atoms in total. The van der Waals surface area contributed by atoms with E-state index in [1.165, 1.54) is 22.5 Å². The number of aromatic amines is 1. The Labute approximate surface area is 145 Å². The zero-order chi connectivity index (χ0) is 18.2. The number of nitrogens with one attached hydrogen (secondary N) is 1. The molecule has 25 heavy (non-hydrogen) atoms. The fourth-order valence-electron chi connectivity index (χ4n) is 3.12. The van der Waals surface area contributed by atoms with Gasteiger partial charge in [-0.15, -0.1) is 0 Å². The predicted octanol–water partition coefficient (Wildman–Crippen LogP) is 0.463. The van der Waals surface area contributed by atoms with Crippen LogP contribution in [0.4, 0.5) is 0 Å². The highest BCUT2D eigenvalue weighted by atomic mass is 16.2. The van der Waals surface area contributed by atoms with Crippen LogP contribution >= 0.6 is 0 Å². The van der Waals surface area contributed by atoms with Crippen LogP contribution in [0.25, 0.3) is 0 Å². The molecule has 134 valence electrons. The molecule has 0 radical (unpaired) electrons. The Morgan fingerprint density at radius 3 is 2.76 bits per heavy atom. The molecule has 1 aliphatic heterocycles. The number of fused-ring (bicyclic) bond motifs is 1. The van der Waals surface area contributed by atoms with Gasteiger partial charge in [0.2, 0.25) is 5.91 Å². The monoisotopic (exact) mass is 345 g/mol. The zero-order valence-electron chi connectivity index (χ0n) is 14.8. The van der Waals surface area contributed by atoms with Crippen LogP contribution in [0.15, 0.2) is 28.0 Å². The summed E-state index contributed by atoms with van der Waals surface area (Å²) in [6, 6.07) is 1.28. The van der Waals surface area contributed by atoms with E-state index in [1.54, 1.807) is 4.90 Å². The first-order valence-corrected chi connectivity index (χ1v) is 8.39. The van der Waals surface area contributed by atoms with Crippen molar-refractivity contribution >= 4 is 5.91 Å². The van der Waals surface area contributed by atoms with Crippen molar-refractivity contribution in [1.29, 1.82) is 0 Å². The highest BCUT2D eigenvalue weighted by Gasteiger charge is 2.27. The van der Waals surface area contributed by atoms with Gasteiger partial charge in [0.05, 0.1) is 11.7 Å². The molecule has 3 heterocycles. The van der Waals surface area contributed by atoms with Crippen molar-refractivity contribution in [2.75, 3.05) is 6.54 Å². The number of H-pyrrole nitrogens is 1. The minimum atomic E-state index is -0.493. The van der Waals surface area contributed by atoms with Crippen molar-refractivity contribution < 1.29 is 4.79 Å². The fraction of sp³-hybridized carbons (Fsp3) is 0.529. The Morgan fingerprint density at radius 1 is 1.32 bits per heavy atom. The average molecular weight is 345 g/mol. The van der Waals surface area contributed by atoms with Crippen molar-refractivity contribution in [3.8, 4) is 0 Å². The largest absolute Gasteiger partial charge is 0.338 e. The number of rotatable bonds is 3.